The number of likely N-dealkylation sites (tertiary alicyclic amines) is 1. The van der Waals surface area contributed by atoms with Crippen molar-refractivity contribution in [3.63, 3.8) is 0 Å². The summed E-state index contributed by atoms with van der Waals surface area (Å²) >= 11 is 12.4. The van der Waals surface area contributed by atoms with Crippen molar-refractivity contribution in [2.24, 2.45) is 5.41 Å². The minimum absolute atomic E-state index is 0.00980. The fourth-order valence-corrected chi connectivity index (χ4v) is 4.73. The van der Waals surface area contributed by atoms with E-state index in [1.54, 1.807) is 25.1 Å². The van der Waals surface area contributed by atoms with E-state index in [9.17, 15) is 9.90 Å². The van der Waals surface area contributed by atoms with E-state index in [2.05, 4.69) is 25.4 Å². The molecule has 3 N–H and O–H groups in total. The summed E-state index contributed by atoms with van der Waals surface area (Å²) in [6.07, 6.45) is 0.754. The van der Waals surface area contributed by atoms with Crippen LogP contribution < -0.4 is 5.32 Å². The molecular weight excluding hydrogens is 480 g/mol. The number of H-pyrrole nitrogens is 1. The number of aromatic nitrogens is 3. The van der Waals surface area contributed by atoms with Crippen LogP contribution >= 0.6 is 23.2 Å². The maximum atomic E-state index is 15.0. The Bertz CT molecular complexity index is 1210. The number of aromatic amines is 1. The van der Waals surface area contributed by atoms with Crippen molar-refractivity contribution < 1.29 is 14.3 Å². The molecule has 3 aromatic rings. The van der Waals surface area contributed by atoms with Crippen LogP contribution in [0.3, 0.4) is 0 Å². The van der Waals surface area contributed by atoms with Crippen LogP contribution in [0.1, 0.15) is 35.4 Å². The smallest absolute Gasteiger partial charge is 0.310 e. The lowest BCUT2D eigenvalue weighted by molar-refractivity contribution is -0.152. The van der Waals surface area contributed by atoms with Crippen LogP contribution in [0.15, 0.2) is 30.3 Å². The Labute approximate surface area is 207 Å². The molecule has 1 saturated heterocycles. The number of pyridine rings is 1. The van der Waals surface area contributed by atoms with Crippen molar-refractivity contribution in [3.05, 3.63) is 68.7 Å². The summed E-state index contributed by atoms with van der Waals surface area (Å²) in [6, 6.07) is 8.89. The Hall–Kier alpha value is -2.68. The van der Waals surface area contributed by atoms with Crippen molar-refractivity contribution in [1.29, 1.82) is 0 Å². The van der Waals surface area contributed by atoms with Gasteiger partial charge in [-0.2, -0.15) is 5.10 Å². The van der Waals surface area contributed by atoms with Gasteiger partial charge in [-0.1, -0.05) is 35.3 Å². The van der Waals surface area contributed by atoms with Crippen LogP contribution in [0, 0.1) is 25.1 Å². The number of carbonyl (C=O) groups is 1. The van der Waals surface area contributed by atoms with E-state index in [0.717, 1.165) is 11.3 Å². The Morgan fingerprint density at radius 3 is 2.62 bits per heavy atom. The van der Waals surface area contributed by atoms with Gasteiger partial charge in [0.05, 0.1) is 21.2 Å². The summed E-state index contributed by atoms with van der Waals surface area (Å²) in [5.74, 6) is -0.428. The van der Waals surface area contributed by atoms with Crippen molar-refractivity contribution in [2.75, 3.05) is 18.4 Å². The van der Waals surface area contributed by atoms with Gasteiger partial charge in [0, 0.05) is 24.7 Å². The van der Waals surface area contributed by atoms with E-state index in [1.807, 2.05) is 19.1 Å². The fourth-order valence-electron chi connectivity index (χ4n) is 4.35. The Balaban J connectivity index is 1.51. The average Bonchev–Trinajstić information content (AvgIpc) is 3.20. The molecule has 1 aliphatic heterocycles. The van der Waals surface area contributed by atoms with E-state index in [4.69, 9.17) is 23.2 Å². The maximum absolute atomic E-state index is 15.0. The number of piperidine rings is 1. The van der Waals surface area contributed by atoms with Gasteiger partial charge in [-0.3, -0.25) is 14.8 Å². The Kier molecular flexibility index (Phi) is 7.12. The average molecular weight is 506 g/mol. The highest BCUT2D eigenvalue weighted by Crippen LogP contribution is 2.37. The number of rotatable bonds is 7. The lowest BCUT2D eigenvalue weighted by Crippen LogP contribution is -2.45. The van der Waals surface area contributed by atoms with Crippen LogP contribution in [0.5, 0.6) is 0 Å². The van der Waals surface area contributed by atoms with Gasteiger partial charge in [0.15, 0.2) is 5.82 Å². The fraction of sp³-hybridized carbons (Fsp3) is 0.375. The molecule has 1 aromatic carbocycles. The second kappa shape index (κ2) is 9.90. The molecule has 1 fully saturated rings. The molecule has 0 bridgehead atoms. The van der Waals surface area contributed by atoms with Gasteiger partial charge in [0.1, 0.15) is 11.6 Å². The van der Waals surface area contributed by atoms with Gasteiger partial charge in [0.2, 0.25) is 0 Å². The molecule has 180 valence electrons. The van der Waals surface area contributed by atoms with Crippen LogP contribution in [-0.4, -0.2) is 44.2 Å². The van der Waals surface area contributed by atoms with Crippen molar-refractivity contribution in [3.8, 4) is 0 Å². The Morgan fingerprint density at radius 1 is 1.24 bits per heavy atom. The standard InChI is InChI=1S/C24H26Cl2FN5O2/c1-14-10-19(29-20-11-15(2)30-31-20)28-18(22(14)27)12-24(23(33)34)6-8-32(9-7-24)13-16-4-3-5-17(25)21(16)26/h3-5,10-11H,6-9,12-13H2,1-2H3,(H,33,34)(H2,28,29,30,31). The van der Waals surface area contributed by atoms with E-state index >= 15 is 4.39 Å². The topological polar surface area (TPSA) is 94.1 Å². The molecule has 0 spiro atoms. The van der Waals surface area contributed by atoms with Crippen LogP contribution in [0.25, 0.3) is 0 Å². The molecule has 7 nitrogen and oxygen atoms in total. The molecule has 4 rings (SSSR count). The molecule has 34 heavy (non-hydrogen) atoms. The zero-order valence-electron chi connectivity index (χ0n) is 19.0. The molecule has 0 saturated carbocycles. The Morgan fingerprint density at radius 2 is 1.97 bits per heavy atom. The highest BCUT2D eigenvalue weighted by atomic mass is 35.5. The van der Waals surface area contributed by atoms with E-state index in [-0.39, 0.29) is 12.1 Å². The summed E-state index contributed by atoms with van der Waals surface area (Å²) in [5.41, 5.74) is 1.21. The van der Waals surface area contributed by atoms with Crippen LogP contribution in [0.4, 0.5) is 16.0 Å². The molecular formula is C24H26Cl2FN5O2. The molecule has 2 aromatic heterocycles. The van der Waals surface area contributed by atoms with Gasteiger partial charge < -0.3 is 10.4 Å². The van der Waals surface area contributed by atoms with Gasteiger partial charge in [-0.15, -0.1) is 0 Å². The van der Waals surface area contributed by atoms with E-state index in [1.165, 1.54) is 0 Å². The molecule has 1 aliphatic rings. The second-order valence-corrected chi connectivity index (χ2v) is 9.68. The predicted octanol–water partition coefficient (Wildman–Crippen LogP) is 5.52. The number of nitrogens with one attached hydrogen (secondary N) is 2. The predicted molar refractivity (Wildman–Crippen MR) is 130 cm³/mol. The number of aryl methyl sites for hydroxylation is 2. The molecule has 0 amide bonds. The normalized spacial score (nSPS) is 15.9. The molecule has 0 atom stereocenters. The van der Waals surface area contributed by atoms with E-state index < -0.39 is 17.2 Å². The van der Waals surface area contributed by atoms with Gasteiger partial charge in [0.25, 0.3) is 0 Å². The second-order valence-electron chi connectivity index (χ2n) is 8.90. The summed E-state index contributed by atoms with van der Waals surface area (Å²) < 4.78 is 15.0. The third-order valence-electron chi connectivity index (χ3n) is 6.37. The summed E-state index contributed by atoms with van der Waals surface area (Å²) in [4.78, 5) is 18.9. The summed E-state index contributed by atoms with van der Waals surface area (Å²) in [6.45, 7) is 5.17. The quantitative estimate of drug-likeness (QED) is 0.391. The first-order valence-corrected chi connectivity index (χ1v) is 11.8. The molecule has 0 radical (unpaired) electrons. The largest absolute Gasteiger partial charge is 0.481 e. The summed E-state index contributed by atoms with van der Waals surface area (Å²) in [5, 5.41) is 21.1. The lowest BCUT2D eigenvalue weighted by atomic mass is 9.74. The number of anilines is 2. The van der Waals surface area contributed by atoms with E-state index in [0.29, 0.717) is 59.7 Å². The third-order valence-corrected chi connectivity index (χ3v) is 7.23. The summed E-state index contributed by atoms with van der Waals surface area (Å²) in [7, 11) is 0. The van der Waals surface area contributed by atoms with Crippen LogP contribution in [0.2, 0.25) is 10.0 Å². The number of carboxylic acids is 1. The first-order chi connectivity index (χ1) is 16.2. The number of nitrogens with zero attached hydrogens (tertiary/aromatic N) is 3. The number of carboxylic acid groups (broad SMARTS) is 1. The molecule has 0 aliphatic carbocycles. The zero-order valence-corrected chi connectivity index (χ0v) is 20.5. The number of hydrogen-bond donors (Lipinski definition) is 3. The zero-order chi connectivity index (χ0) is 24.5. The van der Waals surface area contributed by atoms with Crippen molar-refractivity contribution >= 4 is 40.8 Å². The monoisotopic (exact) mass is 505 g/mol. The SMILES string of the molecule is Cc1cc(Nc2cc(C)c(F)c(CC3(C(=O)O)CCN(Cc4cccc(Cl)c4Cl)CC3)n2)n[nH]1. The van der Waals surface area contributed by atoms with Crippen molar-refractivity contribution in [1.82, 2.24) is 20.1 Å². The number of hydrogen-bond acceptors (Lipinski definition) is 5. The van der Waals surface area contributed by atoms with Gasteiger partial charge in [-0.25, -0.2) is 9.37 Å². The molecule has 10 heteroatoms. The number of aliphatic carboxylic acids is 1. The maximum Gasteiger partial charge on any atom is 0.310 e. The highest BCUT2D eigenvalue weighted by Gasteiger charge is 2.42. The van der Waals surface area contributed by atoms with Crippen molar-refractivity contribution in [2.45, 2.75) is 39.7 Å². The first-order valence-electron chi connectivity index (χ1n) is 11.0. The minimum Gasteiger partial charge on any atom is -0.481 e. The highest BCUT2D eigenvalue weighted by molar-refractivity contribution is 6.42. The van der Waals surface area contributed by atoms with Crippen LogP contribution in [-0.2, 0) is 17.8 Å². The number of benzene rings is 1. The van der Waals surface area contributed by atoms with Gasteiger partial charge in [-0.05, 0) is 63.0 Å². The lowest BCUT2D eigenvalue weighted by Gasteiger charge is -2.39. The molecule has 0 unspecified atom stereocenters. The minimum atomic E-state index is -1.10. The van der Waals surface area contributed by atoms with Gasteiger partial charge >= 0.3 is 5.97 Å². The third kappa shape index (κ3) is 5.19. The molecule has 3 heterocycles. The number of halogens is 3. The first kappa shape index (κ1) is 24.4.